The summed E-state index contributed by atoms with van der Waals surface area (Å²) in [7, 11) is 0. The van der Waals surface area contributed by atoms with Gasteiger partial charge in [-0.3, -0.25) is 0 Å². The summed E-state index contributed by atoms with van der Waals surface area (Å²) in [5.41, 5.74) is 11.3. The number of rotatable bonds is 4. The van der Waals surface area contributed by atoms with Crippen molar-refractivity contribution in [3.05, 3.63) is 156 Å². The third kappa shape index (κ3) is 4.75. The molecule has 0 saturated heterocycles. The molecule has 2 atom stereocenters. The fourth-order valence-corrected chi connectivity index (χ4v) is 10.6. The normalized spacial score (nSPS) is 16.1. The third-order valence-electron chi connectivity index (χ3n) is 8.38. The molecule has 2 aliphatic rings. The van der Waals surface area contributed by atoms with Crippen LogP contribution in [0.3, 0.4) is 0 Å². The van der Waals surface area contributed by atoms with Crippen molar-refractivity contribution < 1.29 is 48.0 Å². The number of halogens is 2. The van der Waals surface area contributed by atoms with E-state index in [0.29, 0.717) is 7.25 Å². The summed E-state index contributed by atoms with van der Waals surface area (Å²) in [5.74, 6) is 0. The minimum absolute atomic E-state index is 0. The molecule has 0 N–H and O–H groups in total. The monoisotopic (exact) mass is 642 g/mol. The van der Waals surface area contributed by atoms with Gasteiger partial charge in [0.25, 0.3) is 0 Å². The topological polar surface area (TPSA) is 0 Å². The Balaban J connectivity index is 0.00000151. The zero-order valence-electron chi connectivity index (χ0n) is 22.3. The minimum Gasteiger partial charge on any atom is -1.00 e. The van der Waals surface area contributed by atoms with Crippen LogP contribution in [-0.4, -0.2) is 0 Å². The summed E-state index contributed by atoms with van der Waals surface area (Å²) < 4.78 is 1.17. The SMILES string of the molecule is C1=C[CH]([Zr+2][CH]2C=Cc3c(-c4cccc5ccccc45)cccc32)c2cccc(-c3cccc4ccccc34)c21.[Cl-].[Cl-]. The molecule has 0 aromatic heterocycles. The second-order valence-electron chi connectivity index (χ2n) is 10.5. The van der Waals surface area contributed by atoms with Gasteiger partial charge in [-0.05, 0) is 0 Å². The van der Waals surface area contributed by atoms with E-state index in [1.54, 1.807) is 0 Å². The van der Waals surface area contributed by atoms with Gasteiger partial charge in [0.2, 0.25) is 0 Å². The summed E-state index contributed by atoms with van der Waals surface area (Å²) >= 11 is -0.857. The molecule has 6 aromatic carbocycles. The average molecular weight is 645 g/mol. The van der Waals surface area contributed by atoms with Crippen molar-refractivity contribution in [3.8, 4) is 22.3 Å². The molecule has 0 fully saturated rings. The van der Waals surface area contributed by atoms with Gasteiger partial charge in [0, 0.05) is 0 Å². The van der Waals surface area contributed by atoms with Crippen molar-refractivity contribution in [2.45, 2.75) is 7.25 Å². The van der Waals surface area contributed by atoms with Gasteiger partial charge in [-0.1, -0.05) is 0 Å². The Morgan fingerprint density at radius 1 is 0.390 bits per heavy atom. The molecule has 196 valence electrons. The number of hydrogen-bond acceptors (Lipinski definition) is 0. The summed E-state index contributed by atoms with van der Waals surface area (Å²) in [6, 6.07) is 44.8. The average Bonchev–Trinajstić information content (AvgIpc) is 3.61. The molecule has 8 rings (SSSR count). The molecule has 2 unspecified atom stereocenters. The van der Waals surface area contributed by atoms with Crippen LogP contribution in [0.1, 0.15) is 29.5 Å². The first-order chi connectivity index (χ1) is 19.3. The van der Waals surface area contributed by atoms with Crippen molar-refractivity contribution in [2.24, 2.45) is 0 Å². The third-order valence-corrected chi connectivity index (χ3v) is 12.6. The number of fused-ring (bicyclic) bond motifs is 4. The van der Waals surface area contributed by atoms with Crippen molar-refractivity contribution in [1.82, 2.24) is 0 Å². The Morgan fingerprint density at radius 3 is 1.27 bits per heavy atom. The fraction of sp³-hybridized carbons (Fsp3) is 0.0526. The minimum atomic E-state index is -0.857. The van der Waals surface area contributed by atoms with Crippen LogP contribution in [0.4, 0.5) is 0 Å². The van der Waals surface area contributed by atoms with E-state index in [-0.39, 0.29) is 24.8 Å². The van der Waals surface area contributed by atoms with Crippen LogP contribution in [0, 0.1) is 0 Å². The molecule has 0 saturated carbocycles. The van der Waals surface area contributed by atoms with Crippen LogP contribution in [0.2, 0.25) is 0 Å². The summed E-state index contributed by atoms with van der Waals surface area (Å²) in [4.78, 5) is 0. The largest absolute Gasteiger partial charge is 1.00 e. The van der Waals surface area contributed by atoms with Gasteiger partial charge in [0.1, 0.15) is 0 Å². The number of benzene rings is 6. The summed E-state index contributed by atoms with van der Waals surface area (Å²) in [5, 5.41) is 5.27. The van der Waals surface area contributed by atoms with Gasteiger partial charge in [0.05, 0.1) is 0 Å². The maximum Gasteiger partial charge on any atom is -1.00 e. The second kappa shape index (κ2) is 11.6. The van der Waals surface area contributed by atoms with Crippen molar-refractivity contribution >= 4 is 33.7 Å². The molecular weight excluding hydrogens is 619 g/mol. The predicted octanol–water partition coefficient (Wildman–Crippen LogP) is 4.25. The van der Waals surface area contributed by atoms with E-state index in [1.807, 2.05) is 0 Å². The van der Waals surface area contributed by atoms with Crippen LogP contribution >= 0.6 is 0 Å². The Morgan fingerprint density at radius 2 is 0.780 bits per heavy atom. The molecule has 0 radical (unpaired) electrons. The van der Waals surface area contributed by atoms with Crippen molar-refractivity contribution in [2.75, 3.05) is 0 Å². The van der Waals surface area contributed by atoms with E-state index in [1.165, 1.54) is 66.1 Å². The fourth-order valence-electron chi connectivity index (χ4n) is 6.55. The van der Waals surface area contributed by atoms with Gasteiger partial charge in [0.15, 0.2) is 0 Å². The standard InChI is InChI=1S/2C19H13.2ClH.Zr/c2*1-2-10-16-14(6-1)8-4-12-18(16)19-13-5-9-15-7-3-11-17(15)19;;;/h2*1-13H;2*1H;/q;;;;+2/p-2. The zero-order valence-corrected chi connectivity index (χ0v) is 26.2. The number of hydrogen-bond donors (Lipinski definition) is 0. The van der Waals surface area contributed by atoms with Gasteiger partial charge in [-0.15, -0.1) is 0 Å². The van der Waals surface area contributed by atoms with Crippen LogP contribution in [-0.2, 0) is 23.2 Å². The molecule has 0 aliphatic heterocycles. The Hall–Kier alpha value is -3.22. The van der Waals surface area contributed by atoms with Crippen molar-refractivity contribution in [3.63, 3.8) is 0 Å². The van der Waals surface area contributed by atoms with Crippen LogP contribution < -0.4 is 24.8 Å². The van der Waals surface area contributed by atoms with Gasteiger partial charge in [-0.2, -0.15) is 0 Å². The van der Waals surface area contributed by atoms with Crippen molar-refractivity contribution in [1.29, 1.82) is 0 Å². The maximum absolute atomic E-state index is 2.51. The van der Waals surface area contributed by atoms with Crippen LogP contribution in [0.25, 0.3) is 56.0 Å². The molecule has 41 heavy (non-hydrogen) atoms. The smallest absolute Gasteiger partial charge is 1.00 e. The summed E-state index contributed by atoms with van der Waals surface area (Å²) in [6.07, 6.45) is 9.83. The Kier molecular flexibility index (Phi) is 7.89. The second-order valence-corrected chi connectivity index (χ2v) is 14.4. The first-order valence-corrected chi connectivity index (χ1v) is 16.5. The van der Waals surface area contributed by atoms with Gasteiger partial charge in [-0.25, -0.2) is 0 Å². The Labute approximate surface area is 265 Å². The maximum atomic E-state index is 2.51. The molecule has 2 aliphatic carbocycles. The predicted molar refractivity (Wildman–Crippen MR) is 162 cm³/mol. The first-order valence-electron chi connectivity index (χ1n) is 13.7. The molecular formula is C38H26Cl2Zr. The molecule has 0 nitrogen and oxygen atoms in total. The molecule has 0 spiro atoms. The van der Waals surface area contributed by atoms with Gasteiger partial charge >= 0.3 is 242 Å². The number of allylic oxidation sites excluding steroid dienone is 2. The van der Waals surface area contributed by atoms with E-state index in [9.17, 15) is 0 Å². The Bertz CT molecular complexity index is 1820. The quantitative estimate of drug-likeness (QED) is 0.269. The van der Waals surface area contributed by atoms with Crippen LogP contribution in [0.5, 0.6) is 0 Å². The molecule has 6 aromatic rings. The molecule has 0 heterocycles. The van der Waals surface area contributed by atoms with E-state index in [0.717, 1.165) is 0 Å². The van der Waals surface area contributed by atoms with E-state index >= 15 is 0 Å². The van der Waals surface area contributed by atoms with E-state index in [2.05, 4.69) is 146 Å². The van der Waals surface area contributed by atoms with E-state index in [4.69, 9.17) is 0 Å². The molecule has 0 amide bonds. The van der Waals surface area contributed by atoms with E-state index < -0.39 is 23.2 Å². The zero-order chi connectivity index (χ0) is 25.8. The molecule has 0 bridgehead atoms. The summed E-state index contributed by atoms with van der Waals surface area (Å²) in [6.45, 7) is 0. The van der Waals surface area contributed by atoms with Crippen LogP contribution in [0.15, 0.2) is 133 Å². The first kappa shape index (κ1) is 27.9. The molecule has 3 heteroatoms. The van der Waals surface area contributed by atoms with Gasteiger partial charge < -0.3 is 24.8 Å².